The Balaban J connectivity index is 0.959. The molecule has 0 radical (unpaired) electrons. The van der Waals surface area contributed by atoms with Gasteiger partial charge in [-0.1, -0.05) is 158 Å². The van der Waals surface area contributed by atoms with E-state index >= 15 is 0 Å². The Bertz CT molecular complexity index is 2760. The van der Waals surface area contributed by atoms with E-state index in [0.29, 0.717) is 0 Å². The molecule has 0 amide bonds. The highest BCUT2D eigenvalue weighted by molar-refractivity contribution is 6.10. The van der Waals surface area contributed by atoms with Gasteiger partial charge in [0.25, 0.3) is 0 Å². The quantitative estimate of drug-likeness (QED) is 0.183. The molecule has 1 aromatic heterocycles. The summed E-state index contributed by atoms with van der Waals surface area (Å²) in [5.41, 5.74) is 13.2. The summed E-state index contributed by atoms with van der Waals surface area (Å²) in [6.07, 6.45) is 2.30. The minimum absolute atomic E-state index is 0.000234. The molecule has 8 aromatic carbocycles. The second kappa shape index (κ2) is 13.1. The predicted octanol–water partition coefficient (Wildman–Crippen LogP) is 12.2. The topological polar surface area (TPSA) is 29.0 Å². The molecule has 252 valence electrons. The van der Waals surface area contributed by atoms with Crippen molar-refractivity contribution < 1.29 is 0 Å². The summed E-state index contributed by atoms with van der Waals surface area (Å²) in [7, 11) is 0. The fourth-order valence-electron chi connectivity index (χ4n) is 7.94. The number of hydrogen-bond acceptors (Lipinski definition) is 2. The van der Waals surface area contributed by atoms with Gasteiger partial charge in [0.2, 0.25) is 0 Å². The Morgan fingerprint density at radius 3 is 1.74 bits per heavy atom. The van der Waals surface area contributed by atoms with E-state index in [0.717, 1.165) is 11.4 Å². The van der Waals surface area contributed by atoms with E-state index in [1.54, 1.807) is 0 Å². The molecule has 9 aromatic rings. The molecule has 1 aliphatic heterocycles. The Morgan fingerprint density at radius 1 is 0.396 bits per heavy atom. The van der Waals surface area contributed by atoms with Gasteiger partial charge in [-0.25, -0.2) is 0 Å². The lowest BCUT2D eigenvalue weighted by Gasteiger charge is -2.33. The van der Waals surface area contributed by atoms with Crippen molar-refractivity contribution in [2.45, 2.75) is 12.2 Å². The highest BCUT2D eigenvalue weighted by Gasteiger charge is 2.24. The van der Waals surface area contributed by atoms with Crippen LogP contribution in [0.5, 0.6) is 0 Å². The molecule has 0 bridgehead atoms. The Morgan fingerprint density at radius 2 is 0.962 bits per heavy atom. The van der Waals surface area contributed by atoms with Crippen LogP contribution in [0.2, 0.25) is 0 Å². The molecule has 1 aliphatic rings. The molecule has 2 N–H and O–H groups in total. The number of para-hydroxylation sites is 1. The van der Waals surface area contributed by atoms with Gasteiger partial charge in [-0.15, -0.1) is 0 Å². The summed E-state index contributed by atoms with van der Waals surface area (Å²) < 4.78 is 2.39. The van der Waals surface area contributed by atoms with E-state index < -0.39 is 0 Å². The van der Waals surface area contributed by atoms with Gasteiger partial charge >= 0.3 is 0 Å². The fraction of sp³-hybridized carbons (Fsp3) is 0.0400. The van der Waals surface area contributed by atoms with Crippen molar-refractivity contribution in [1.82, 2.24) is 15.2 Å². The van der Waals surface area contributed by atoms with Gasteiger partial charge < -0.3 is 9.88 Å². The van der Waals surface area contributed by atoms with E-state index in [1.807, 2.05) is 0 Å². The Kier molecular flexibility index (Phi) is 7.71. The van der Waals surface area contributed by atoms with Crippen molar-refractivity contribution in [3.05, 3.63) is 217 Å². The first-order valence-electron chi connectivity index (χ1n) is 18.3. The van der Waals surface area contributed by atoms with Crippen LogP contribution >= 0.6 is 0 Å². The molecule has 3 heteroatoms. The number of fused-ring (bicyclic) bond motifs is 4. The molecular formula is C50H37N3. The lowest BCUT2D eigenvalue weighted by Crippen LogP contribution is -2.39. The number of rotatable bonds is 6. The molecule has 3 nitrogen and oxygen atoms in total. The first kappa shape index (κ1) is 31.1. The SMILES string of the molecule is C1=C(c2ccc(-c3ccc(-n4c5ccccc5c5cc(-c6ccc7ccccc7c6)ccc54)cc3)cc2)NC(c2ccccc2)NC1c1ccccc1. The maximum absolute atomic E-state index is 3.79. The zero-order valence-corrected chi connectivity index (χ0v) is 29.2. The summed E-state index contributed by atoms with van der Waals surface area (Å²) in [4.78, 5) is 0. The van der Waals surface area contributed by atoms with Crippen molar-refractivity contribution >= 4 is 38.3 Å². The largest absolute Gasteiger partial charge is 0.366 e. The van der Waals surface area contributed by atoms with Crippen LogP contribution in [0, 0.1) is 0 Å². The average molecular weight is 680 g/mol. The lowest BCUT2D eigenvalue weighted by molar-refractivity contribution is 0.442. The third-order valence-electron chi connectivity index (χ3n) is 10.7. The number of hydrogen-bond donors (Lipinski definition) is 2. The second-order valence-corrected chi connectivity index (χ2v) is 13.9. The minimum Gasteiger partial charge on any atom is -0.366 e. The van der Waals surface area contributed by atoms with E-state index in [-0.39, 0.29) is 12.2 Å². The first-order chi connectivity index (χ1) is 26.2. The van der Waals surface area contributed by atoms with E-state index in [1.165, 1.54) is 71.5 Å². The standard InChI is InChI=1S/C50H37N3/c1-3-12-37(13-4-1)46-33-47(52-50(51-46)39-14-5-2-6-15-39)38-22-19-35(20-23-38)36-25-28-43(29-26-36)53-48-18-10-9-17-44(48)45-32-42(27-30-49(45)53)41-24-21-34-11-7-8-16-40(34)31-41/h1-33,46,50-52H. The predicted molar refractivity (Wildman–Crippen MR) is 222 cm³/mol. The van der Waals surface area contributed by atoms with Crippen LogP contribution in [0.15, 0.2) is 200 Å². The molecule has 0 fully saturated rings. The van der Waals surface area contributed by atoms with Gasteiger partial charge in [-0.2, -0.15) is 0 Å². The molecule has 2 atom stereocenters. The fourth-order valence-corrected chi connectivity index (χ4v) is 7.94. The summed E-state index contributed by atoms with van der Waals surface area (Å²) in [5, 5.41) is 12.6. The molecule has 2 unspecified atom stereocenters. The average Bonchev–Trinajstić information content (AvgIpc) is 3.58. The smallest absolute Gasteiger partial charge is 0.104 e. The summed E-state index contributed by atoms with van der Waals surface area (Å²) in [6.45, 7) is 0. The van der Waals surface area contributed by atoms with Gasteiger partial charge in [0.1, 0.15) is 6.17 Å². The normalized spacial score (nSPS) is 15.7. The molecular weight excluding hydrogens is 643 g/mol. The van der Waals surface area contributed by atoms with Crippen LogP contribution in [0.3, 0.4) is 0 Å². The minimum atomic E-state index is -0.000234. The highest BCUT2D eigenvalue weighted by atomic mass is 15.2. The third-order valence-corrected chi connectivity index (χ3v) is 10.7. The molecule has 2 heterocycles. The molecule has 0 spiro atoms. The van der Waals surface area contributed by atoms with Crippen molar-refractivity contribution in [1.29, 1.82) is 0 Å². The van der Waals surface area contributed by atoms with Crippen LogP contribution in [-0.4, -0.2) is 4.57 Å². The Hall–Kier alpha value is -6.68. The van der Waals surface area contributed by atoms with Crippen LogP contribution in [0.4, 0.5) is 0 Å². The maximum atomic E-state index is 3.79. The van der Waals surface area contributed by atoms with Crippen LogP contribution < -0.4 is 10.6 Å². The van der Waals surface area contributed by atoms with Crippen molar-refractivity contribution in [3.8, 4) is 27.9 Å². The number of nitrogens with zero attached hydrogens (tertiary/aromatic N) is 1. The van der Waals surface area contributed by atoms with Gasteiger partial charge in [-0.05, 0) is 92.2 Å². The number of aromatic nitrogens is 1. The first-order valence-corrected chi connectivity index (χ1v) is 18.3. The van der Waals surface area contributed by atoms with Crippen molar-refractivity contribution in [2.75, 3.05) is 0 Å². The summed E-state index contributed by atoms with van der Waals surface area (Å²) in [6, 6.07) is 70.2. The second-order valence-electron chi connectivity index (χ2n) is 13.9. The summed E-state index contributed by atoms with van der Waals surface area (Å²) >= 11 is 0. The van der Waals surface area contributed by atoms with E-state index in [4.69, 9.17) is 0 Å². The molecule has 0 saturated carbocycles. The van der Waals surface area contributed by atoms with E-state index in [9.17, 15) is 0 Å². The van der Waals surface area contributed by atoms with Crippen LogP contribution in [0.1, 0.15) is 28.9 Å². The van der Waals surface area contributed by atoms with Crippen molar-refractivity contribution in [2.24, 2.45) is 0 Å². The third kappa shape index (κ3) is 5.78. The zero-order valence-electron chi connectivity index (χ0n) is 29.2. The molecule has 53 heavy (non-hydrogen) atoms. The van der Waals surface area contributed by atoms with Gasteiger partial charge in [0.05, 0.1) is 17.1 Å². The van der Waals surface area contributed by atoms with Crippen molar-refractivity contribution in [3.63, 3.8) is 0 Å². The van der Waals surface area contributed by atoms with Gasteiger partial charge in [0, 0.05) is 22.2 Å². The molecule has 10 rings (SSSR count). The zero-order chi connectivity index (χ0) is 35.1. The Labute approximate surface area is 309 Å². The molecule has 0 aliphatic carbocycles. The summed E-state index contributed by atoms with van der Waals surface area (Å²) in [5.74, 6) is 0. The van der Waals surface area contributed by atoms with Gasteiger partial charge in [0.15, 0.2) is 0 Å². The number of benzene rings is 8. The maximum Gasteiger partial charge on any atom is 0.104 e. The van der Waals surface area contributed by atoms with Gasteiger partial charge in [-0.3, -0.25) is 5.32 Å². The number of nitrogens with one attached hydrogen (secondary N) is 2. The highest BCUT2D eigenvalue weighted by Crippen LogP contribution is 2.36. The monoisotopic (exact) mass is 679 g/mol. The van der Waals surface area contributed by atoms with E-state index in [2.05, 4.69) is 215 Å². The molecule has 0 saturated heterocycles. The van der Waals surface area contributed by atoms with Crippen LogP contribution in [-0.2, 0) is 0 Å². The lowest BCUT2D eigenvalue weighted by atomic mass is 9.97. The van der Waals surface area contributed by atoms with Crippen LogP contribution in [0.25, 0.3) is 66.2 Å².